The number of halogens is 1. The van der Waals surface area contributed by atoms with E-state index in [-0.39, 0.29) is 12.5 Å². The minimum absolute atomic E-state index is 0.0947. The maximum Gasteiger partial charge on any atom is 0.271 e. The molecule has 0 unspecified atom stereocenters. The first-order chi connectivity index (χ1) is 17.5. The first-order valence-corrected chi connectivity index (χ1v) is 11.9. The number of carbonyl (C=O) groups is 1. The van der Waals surface area contributed by atoms with Crippen LogP contribution in [0.5, 0.6) is 11.5 Å². The van der Waals surface area contributed by atoms with Crippen LogP contribution in [0.1, 0.15) is 21.6 Å². The van der Waals surface area contributed by atoms with Gasteiger partial charge in [0.25, 0.3) is 5.91 Å². The first kappa shape index (κ1) is 24.8. The van der Waals surface area contributed by atoms with E-state index in [4.69, 9.17) is 14.7 Å². The number of benzene rings is 3. The van der Waals surface area contributed by atoms with E-state index in [2.05, 4.69) is 62.2 Å². The first-order valence-electron chi connectivity index (χ1n) is 11.1. The molecule has 0 aliphatic carbocycles. The van der Waals surface area contributed by atoms with Gasteiger partial charge in [0.1, 0.15) is 6.07 Å². The summed E-state index contributed by atoms with van der Waals surface area (Å²) >= 11 is 3.45. The molecule has 0 aliphatic heterocycles. The lowest BCUT2D eigenvalue weighted by Crippen LogP contribution is -2.17. The van der Waals surface area contributed by atoms with Crippen LogP contribution in [0.2, 0.25) is 0 Å². The fourth-order valence-electron chi connectivity index (χ4n) is 3.73. The zero-order valence-electron chi connectivity index (χ0n) is 19.7. The molecule has 1 aromatic heterocycles. The van der Waals surface area contributed by atoms with E-state index in [9.17, 15) is 4.79 Å². The highest BCUT2D eigenvalue weighted by molar-refractivity contribution is 9.10. The number of aryl methyl sites for hydroxylation is 1. The van der Waals surface area contributed by atoms with Gasteiger partial charge in [-0.2, -0.15) is 10.4 Å². The number of amides is 1. The monoisotopic (exact) mass is 542 g/mol. The van der Waals surface area contributed by atoms with Crippen molar-refractivity contribution in [2.75, 3.05) is 13.7 Å². The molecule has 180 valence electrons. The molecule has 1 amide bonds. The van der Waals surface area contributed by atoms with E-state index in [0.717, 1.165) is 22.6 Å². The van der Waals surface area contributed by atoms with Gasteiger partial charge in [0.2, 0.25) is 0 Å². The number of aromatic nitrogens is 1. The molecule has 36 heavy (non-hydrogen) atoms. The van der Waals surface area contributed by atoms with E-state index < -0.39 is 0 Å². The van der Waals surface area contributed by atoms with Gasteiger partial charge in [-0.05, 0) is 76.9 Å². The van der Waals surface area contributed by atoms with Gasteiger partial charge in [0.15, 0.2) is 18.1 Å². The van der Waals surface area contributed by atoms with E-state index in [1.54, 1.807) is 24.3 Å². The lowest BCUT2D eigenvalue weighted by molar-refractivity contribution is 0.0955. The second-order valence-electron chi connectivity index (χ2n) is 7.78. The van der Waals surface area contributed by atoms with Gasteiger partial charge < -0.3 is 14.0 Å². The van der Waals surface area contributed by atoms with Gasteiger partial charge >= 0.3 is 0 Å². The quantitative estimate of drug-likeness (QED) is 0.222. The van der Waals surface area contributed by atoms with Crippen LogP contribution in [0.4, 0.5) is 0 Å². The predicted octanol–water partition coefficient (Wildman–Crippen LogP) is 5.89. The molecule has 1 heterocycles. The van der Waals surface area contributed by atoms with E-state index >= 15 is 0 Å². The summed E-state index contributed by atoms with van der Waals surface area (Å²) < 4.78 is 13.5. The van der Waals surface area contributed by atoms with Gasteiger partial charge in [-0.3, -0.25) is 4.79 Å². The molecule has 7 nitrogen and oxygen atoms in total. The maximum atomic E-state index is 12.6. The summed E-state index contributed by atoms with van der Waals surface area (Å²) in [5.74, 6) is 0.551. The molecule has 0 bridgehead atoms. The maximum absolute atomic E-state index is 12.6. The van der Waals surface area contributed by atoms with Crippen molar-refractivity contribution in [2.45, 2.75) is 6.92 Å². The molecule has 1 N–H and O–H groups in total. The number of nitrogens with zero attached hydrogens (tertiary/aromatic N) is 3. The summed E-state index contributed by atoms with van der Waals surface area (Å²) in [4.78, 5) is 12.6. The average Bonchev–Trinajstić information content (AvgIpc) is 3.30. The van der Waals surface area contributed by atoms with E-state index in [1.165, 1.54) is 13.3 Å². The molecule has 0 spiro atoms. The van der Waals surface area contributed by atoms with Crippen molar-refractivity contribution in [3.8, 4) is 34.5 Å². The van der Waals surface area contributed by atoms with Gasteiger partial charge in [-0.25, -0.2) is 5.43 Å². The number of methoxy groups -OCH3 is 1. The summed E-state index contributed by atoms with van der Waals surface area (Å²) in [5.41, 5.74) is 7.97. The van der Waals surface area contributed by atoms with Crippen molar-refractivity contribution in [1.29, 1.82) is 5.26 Å². The van der Waals surface area contributed by atoms with Crippen molar-refractivity contribution >= 4 is 28.1 Å². The topological polar surface area (TPSA) is 88.6 Å². The number of hydrogen-bond donors (Lipinski definition) is 1. The third-order valence-corrected chi connectivity index (χ3v) is 6.16. The van der Waals surface area contributed by atoms with E-state index in [1.807, 2.05) is 36.4 Å². The van der Waals surface area contributed by atoms with Gasteiger partial charge in [0.05, 0.1) is 19.0 Å². The van der Waals surface area contributed by atoms with E-state index in [0.29, 0.717) is 27.1 Å². The second kappa shape index (κ2) is 11.4. The Morgan fingerprint density at radius 2 is 1.83 bits per heavy atom. The smallest absolute Gasteiger partial charge is 0.271 e. The van der Waals surface area contributed by atoms with Crippen LogP contribution in [-0.2, 0) is 0 Å². The van der Waals surface area contributed by atoms with Crippen molar-refractivity contribution in [2.24, 2.45) is 5.10 Å². The summed E-state index contributed by atoms with van der Waals surface area (Å²) in [7, 11) is 1.51. The number of carbonyl (C=O) groups excluding carboxylic acids is 1. The third kappa shape index (κ3) is 5.48. The zero-order chi connectivity index (χ0) is 25.5. The number of hydrogen-bond acceptors (Lipinski definition) is 5. The Balaban J connectivity index is 1.48. The predicted molar refractivity (Wildman–Crippen MR) is 143 cm³/mol. The van der Waals surface area contributed by atoms with Gasteiger partial charge in [-0.15, -0.1) is 0 Å². The van der Waals surface area contributed by atoms with Crippen molar-refractivity contribution in [3.05, 3.63) is 100 Å². The molecular formula is C28H23BrN4O3. The molecule has 0 radical (unpaired) electrons. The van der Waals surface area contributed by atoms with Crippen molar-refractivity contribution < 1.29 is 14.3 Å². The highest BCUT2D eigenvalue weighted by Crippen LogP contribution is 2.33. The van der Waals surface area contributed by atoms with Crippen LogP contribution >= 0.6 is 15.9 Å². The molecule has 0 saturated carbocycles. The molecule has 0 fully saturated rings. The van der Waals surface area contributed by atoms with Crippen LogP contribution in [0.25, 0.3) is 16.9 Å². The molecule has 3 aromatic carbocycles. The number of hydrazone groups is 1. The zero-order valence-corrected chi connectivity index (χ0v) is 21.3. The standard InChI is InChI=1S/C28H23BrN4O3/c1-19-8-13-25(20-6-4-3-5-7-20)33(19)23-11-9-21(10-12-23)28(34)32-31-18-22-16-26(35-2)27(17-24(22)29)36-15-14-30/h3-13,16-18H,15H2,1-2H3,(H,32,34)/b31-18+. The lowest BCUT2D eigenvalue weighted by Gasteiger charge is -2.13. The van der Waals surface area contributed by atoms with Gasteiger partial charge in [-0.1, -0.05) is 30.3 Å². The highest BCUT2D eigenvalue weighted by atomic mass is 79.9. The summed E-state index contributed by atoms with van der Waals surface area (Å²) in [6.45, 7) is 1.96. The minimum Gasteiger partial charge on any atom is -0.493 e. The van der Waals surface area contributed by atoms with Crippen LogP contribution < -0.4 is 14.9 Å². The van der Waals surface area contributed by atoms with Crippen LogP contribution in [0.15, 0.2) is 88.4 Å². The fraction of sp³-hybridized carbons (Fsp3) is 0.107. The molecule has 8 heteroatoms. The van der Waals surface area contributed by atoms with Crippen LogP contribution in [0.3, 0.4) is 0 Å². The molecule has 0 aliphatic rings. The molecule has 4 rings (SSSR count). The number of rotatable bonds is 8. The lowest BCUT2D eigenvalue weighted by atomic mass is 10.1. The summed E-state index contributed by atoms with van der Waals surface area (Å²) in [5, 5.41) is 12.8. The molecule has 4 aromatic rings. The Hall–Kier alpha value is -4.35. The Bertz CT molecular complexity index is 1440. The highest BCUT2D eigenvalue weighted by Gasteiger charge is 2.12. The fourth-order valence-corrected chi connectivity index (χ4v) is 4.16. The Morgan fingerprint density at radius 1 is 1.08 bits per heavy atom. The molecule has 0 atom stereocenters. The minimum atomic E-state index is -0.331. The average molecular weight is 543 g/mol. The third-order valence-electron chi connectivity index (χ3n) is 5.48. The Kier molecular flexibility index (Phi) is 7.83. The van der Waals surface area contributed by atoms with Crippen molar-refractivity contribution in [3.63, 3.8) is 0 Å². The largest absolute Gasteiger partial charge is 0.493 e. The van der Waals surface area contributed by atoms with Crippen LogP contribution in [0, 0.1) is 18.3 Å². The van der Waals surface area contributed by atoms with Crippen molar-refractivity contribution in [1.82, 2.24) is 9.99 Å². The second-order valence-corrected chi connectivity index (χ2v) is 8.63. The molecular weight excluding hydrogens is 520 g/mol. The number of ether oxygens (including phenoxy) is 2. The normalized spacial score (nSPS) is 10.7. The Labute approximate surface area is 217 Å². The Morgan fingerprint density at radius 3 is 2.53 bits per heavy atom. The van der Waals surface area contributed by atoms with Crippen LogP contribution in [-0.4, -0.2) is 30.4 Å². The SMILES string of the molecule is COc1cc(/C=N/NC(=O)c2ccc(-n3c(C)ccc3-c3ccccc3)cc2)c(Br)cc1OCC#N. The molecule has 0 saturated heterocycles. The van der Waals surface area contributed by atoms with Gasteiger partial charge in [0, 0.05) is 27.0 Å². The number of nitriles is 1. The summed E-state index contributed by atoms with van der Waals surface area (Å²) in [6, 6.07) is 27.0. The summed E-state index contributed by atoms with van der Waals surface area (Å²) in [6.07, 6.45) is 1.50. The number of nitrogens with one attached hydrogen (secondary N) is 1.